The number of hydrogen-bond acceptors (Lipinski definition) is 4. The minimum absolute atomic E-state index is 0.0248. The maximum atomic E-state index is 13.0. The number of fused-ring (bicyclic) bond motifs is 3. The Balaban J connectivity index is 1.65. The molecule has 3 rings (SSSR count). The zero-order valence-electron chi connectivity index (χ0n) is 19.5. The van der Waals surface area contributed by atoms with E-state index in [1.807, 2.05) is 43.3 Å². The normalized spacial score (nSPS) is 12.5. The van der Waals surface area contributed by atoms with Gasteiger partial charge in [-0.15, -0.1) is 11.8 Å². The molecule has 0 heterocycles. The molecule has 1 aliphatic rings. The third-order valence-corrected chi connectivity index (χ3v) is 5.93. The van der Waals surface area contributed by atoms with Crippen LogP contribution >= 0.6 is 0 Å². The zero-order valence-corrected chi connectivity index (χ0v) is 19.5. The van der Waals surface area contributed by atoms with E-state index in [1.165, 1.54) is 4.90 Å². The van der Waals surface area contributed by atoms with E-state index in [9.17, 15) is 14.4 Å². The number of carboxylic acid groups (broad SMARTS) is 1. The molecule has 1 unspecified atom stereocenters. The fourth-order valence-electron chi connectivity index (χ4n) is 4.25. The minimum atomic E-state index is -0.909. The van der Waals surface area contributed by atoms with Gasteiger partial charge in [-0.1, -0.05) is 48.5 Å². The second kappa shape index (κ2) is 11.9. The maximum Gasteiger partial charge on any atom is 0.407 e. The molecule has 1 aliphatic carbocycles. The van der Waals surface area contributed by atoms with Gasteiger partial charge in [0.2, 0.25) is 5.91 Å². The van der Waals surface area contributed by atoms with Crippen LogP contribution in [0.3, 0.4) is 0 Å². The molecule has 178 valence electrons. The summed E-state index contributed by atoms with van der Waals surface area (Å²) in [5, 5.41) is 11.5. The Labute approximate surface area is 200 Å². The first kappa shape index (κ1) is 24.8. The van der Waals surface area contributed by atoms with E-state index in [1.54, 1.807) is 6.92 Å². The van der Waals surface area contributed by atoms with E-state index < -0.39 is 18.1 Å². The number of rotatable bonds is 10. The quantitative estimate of drug-likeness (QED) is 0.520. The smallest absolute Gasteiger partial charge is 0.407 e. The molecule has 2 N–H and O–H groups in total. The van der Waals surface area contributed by atoms with Gasteiger partial charge in [0.1, 0.15) is 12.6 Å². The van der Waals surface area contributed by atoms with Crippen LogP contribution in [0.1, 0.15) is 50.2 Å². The summed E-state index contributed by atoms with van der Waals surface area (Å²) >= 11 is 0. The number of aliphatic carboxylic acids is 1. The summed E-state index contributed by atoms with van der Waals surface area (Å²) in [6.07, 6.45) is -0.219. The van der Waals surface area contributed by atoms with Gasteiger partial charge in [-0.25, -0.2) is 4.79 Å². The van der Waals surface area contributed by atoms with Crippen LogP contribution in [0.4, 0.5) is 4.79 Å². The number of nitrogens with zero attached hydrogens (tertiary/aromatic N) is 1. The predicted molar refractivity (Wildman–Crippen MR) is 129 cm³/mol. The van der Waals surface area contributed by atoms with Gasteiger partial charge in [0, 0.05) is 31.8 Å². The molecule has 0 aliphatic heterocycles. The van der Waals surface area contributed by atoms with Gasteiger partial charge >= 0.3 is 12.1 Å². The van der Waals surface area contributed by atoms with Gasteiger partial charge in [0.15, 0.2) is 0 Å². The number of hydrogen-bond donors (Lipinski definition) is 2. The molecular formula is C27H30N2O5. The molecule has 0 saturated carbocycles. The highest BCUT2D eigenvalue weighted by Crippen LogP contribution is 2.44. The first-order valence-electron chi connectivity index (χ1n) is 11.5. The predicted octanol–water partition coefficient (Wildman–Crippen LogP) is 4.02. The summed E-state index contributed by atoms with van der Waals surface area (Å²) in [5.74, 6) is 4.31. The number of ether oxygens (including phenoxy) is 1. The van der Waals surface area contributed by atoms with Crippen molar-refractivity contribution in [3.63, 3.8) is 0 Å². The number of alkyl carbamates (subject to hydrolysis) is 1. The van der Waals surface area contributed by atoms with Crippen LogP contribution < -0.4 is 5.32 Å². The fraction of sp³-hybridized carbons (Fsp3) is 0.370. The first-order chi connectivity index (χ1) is 16.5. The van der Waals surface area contributed by atoms with Gasteiger partial charge in [-0.05, 0) is 42.5 Å². The lowest BCUT2D eigenvalue weighted by Crippen LogP contribution is -2.49. The molecule has 7 heteroatoms. The van der Waals surface area contributed by atoms with Crippen molar-refractivity contribution in [3.8, 4) is 23.0 Å². The van der Waals surface area contributed by atoms with Crippen LogP contribution in [0.15, 0.2) is 48.5 Å². The van der Waals surface area contributed by atoms with Crippen molar-refractivity contribution in [1.82, 2.24) is 10.2 Å². The number of carboxylic acids is 1. The molecule has 0 fully saturated rings. The second-order valence-electron chi connectivity index (χ2n) is 8.07. The molecule has 2 amide bonds. The second-order valence-corrected chi connectivity index (χ2v) is 8.07. The third kappa shape index (κ3) is 5.96. The van der Waals surface area contributed by atoms with E-state index in [4.69, 9.17) is 9.84 Å². The molecular weight excluding hydrogens is 432 g/mol. The number of carbonyl (C=O) groups is 3. The summed E-state index contributed by atoms with van der Waals surface area (Å²) in [6.45, 7) is 4.33. The molecule has 0 spiro atoms. The maximum absolute atomic E-state index is 13.0. The Hall–Kier alpha value is -3.79. The highest BCUT2D eigenvalue weighted by molar-refractivity contribution is 5.86. The zero-order chi connectivity index (χ0) is 24.5. The third-order valence-electron chi connectivity index (χ3n) is 5.93. The molecule has 2 aromatic rings. The SMILES string of the molecule is CC#CCC(NC(=O)OCC1c2ccccc2-c2ccccc21)C(=O)N(CC)CCCC(=O)O. The number of benzene rings is 2. The van der Waals surface area contributed by atoms with Crippen LogP contribution in [-0.2, 0) is 14.3 Å². The fourth-order valence-corrected chi connectivity index (χ4v) is 4.25. The Morgan fingerprint density at radius 1 is 1.09 bits per heavy atom. The van der Waals surface area contributed by atoms with Gasteiger partial charge in [0.25, 0.3) is 0 Å². The lowest BCUT2D eigenvalue weighted by Gasteiger charge is -2.26. The van der Waals surface area contributed by atoms with Crippen molar-refractivity contribution in [2.45, 2.75) is 45.1 Å². The molecule has 0 bridgehead atoms. The van der Waals surface area contributed by atoms with E-state index in [-0.39, 0.29) is 31.3 Å². The van der Waals surface area contributed by atoms with E-state index >= 15 is 0 Å². The molecule has 34 heavy (non-hydrogen) atoms. The van der Waals surface area contributed by atoms with Crippen molar-refractivity contribution in [3.05, 3.63) is 59.7 Å². The van der Waals surface area contributed by atoms with Crippen molar-refractivity contribution in [2.75, 3.05) is 19.7 Å². The van der Waals surface area contributed by atoms with E-state index in [0.717, 1.165) is 22.3 Å². The lowest BCUT2D eigenvalue weighted by molar-refractivity contribution is -0.138. The molecule has 2 aromatic carbocycles. The van der Waals surface area contributed by atoms with E-state index in [0.29, 0.717) is 19.5 Å². The van der Waals surface area contributed by atoms with Gasteiger partial charge in [-0.3, -0.25) is 9.59 Å². The van der Waals surface area contributed by atoms with Crippen molar-refractivity contribution < 1.29 is 24.2 Å². The summed E-state index contributed by atoms with van der Waals surface area (Å²) in [7, 11) is 0. The average Bonchev–Trinajstić information content (AvgIpc) is 3.16. The van der Waals surface area contributed by atoms with Crippen molar-refractivity contribution >= 4 is 18.0 Å². The van der Waals surface area contributed by atoms with Crippen molar-refractivity contribution in [1.29, 1.82) is 0 Å². The van der Waals surface area contributed by atoms with Crippen molar-refractivity contribution in [2.24, 2.45) is 0 Å². The molecule has 0 aromatic heterocycles. The highest BCUT2D eigenvalue weighted by atomic mass is 16.5. The lowest BCUT2D eigenvalue weighted by atomic mass is 9.98. The van der Waals surface area contributed by atoms with Crippen LogP contribution in [0, 0.1) is 11.8 Å². The van der Waals surface area contributed by atoms with Crippen LogP contribution in [-0.4, -0.2) is 53.7 Å². The number of amides is 2. The Bertz CT molecular complexity index is 1060. The number of nitrogens with one attached hydrogen (secondary N) is 1. The average molecular weight is 463 g/mol. The van der Waals surface area contributed by atoms with Gasteiger partial charge in [0.05, 0.1) is 0 Å². The Kier molecular flexibility index (Phi) is 8.69. The van der Waals surface area contributed by atoms with E-state index in [2.05, 4.69) is 29.3 Å². The van der Waals surface area contributed by atoms with Crippen LogP contribution in [0.2, 0.25) is 0 Å². The molecule has 1 atom stereocenters. The van der Waals surface area contributed by atoms with Crippen LogP contribution in [0.25, 0.3) is 11.1 Å². The largest absolute Gasteiger partial charge is 0.481 e. The molecule has 7 nitrogen and oxygen atoms in total. The molecule has 0 radical (unpaired) electrons. The van der Waals surface area contributed by atoms with Gasteiger partial charge in [-0.2, -0.15) is 0 Å². The number of likely N-dealkylation sites (N-methyl/N-ethyl adjacent to an activating group) is 1. The molecule has 0 saturated heterocycles. The Morgan fingerprint density at radius 2 is 1.71 bits per heavy atom. The number of carbonyl (C=O) groups excluding carboxylic acids is 2. The van der Waals surface area contributed by atoms with Gasteiger partial charge < -0.3 is 20.1 Å². The Morgan fingerprint density at radius 3 is 2.26 bits per heavy atom. The monoisotopic (exact) mass is 462 g/mol. The minimum Gasteiger partial charge on any atom is -0.481 e. The summed E-state index contributed by atoms with van der Waals surface area (Å²) in [6, 6.07) is 15.3. The first-order valence-corrected chi connectivity index (χ1v) is 11.5. The summed E-state index contributed by atoms with van der Waals surface area (Å²) in [4.78, 5) is 38.0. The summed E-state index contributed by atoms with van der Waals surface area (Å²) in [5.41, 5.74) is 4.49. The standard InChI is InChI=1S/C27H30N2O5/c1-3-5-15-24(26(32)29(4-2)17-10-16-25(30)31)28-27(33)34-18-23-21-13-8-6-11-19(21)20-12-7-9-14-22(20)23/h6-9,11-14,23-24H,4,10,15-18H2,1-2H3,(H,28,33)(H,30,31). The summed E-state index contributed by atoms with van der Waals surface area (Å²) < 4.78 is 5.58. The van der Waals surface area contributed by atoms with Crippen LogP contribution in [0.5, 0.6) is 0 Å². The topological polar surface area (TPSA) is 95.9 Å². The highest BCUT2D eigenvalue weighted by Gasteiger charge is 2.30.